The van der Waals surface area contributed by atoms with Crippen LogP contribution in [-0.2, 0) is 16.0 Å². The first-order valence-corrected chi connectivity index (χ1v) is 11.6. The minimum atomic E-state index is -2.88. The minimum absolute atomic E-state index is 0.0451. The van der Waals surface area contributed by atoms with Gasteiger partial charge in [-0.05, 0) is 74.3 Å². The van der Waals surface area contributed by atoms with Crippen LogP contribution in [0.5, 0.6) is 0 Å². The molecule has 0 aromatic heterocycles. The SMILES string of the molecule is CCCCc1ccc(C2CCC(C(=O)OC3CCC(CC)CC3(F)F)CC2)cc1. The summed E-state index contributed by atoms with van der Waals surface area (Å²) in [6.07, 6.45) is 7.25. The summed E-state index contributed by atoms with van der Waals surface area (Å²) in [5.74, 6) is -3.01. The molecule has 2 nitrogen and oxygen atoms in total. The Labute approximate surface area is 174 Å². The molecule has 2 unspecified atom stereocenters. The third-order valence-corrected chi connectivity index (χ3v) is 7.04. The van der Waals surface area contributed by atoms with Crippen molar-refractivity contribution in [3.63, 3.8) is 0 Å². The third kappa shape index (κ3) is 5.79. The van der Waals surface area contributed by atoms with E-state index in [1.54, 1.807) is 0 Å². The van der Waals surface area contributed by atoms with Gasteiger partial charge in [-0.15, -0.1) is 0 Å². The number of carbonyl (C=O) groups excluding carboxylic acids is 1. The molecule has 3 rings (SSSR count). The highest BCUT2D eigenvalue weighted by molar-refractivity contribution is 5.72. The van der Waals surface area contributed by atoms with Gasteiger partial charge in [0.1, 0.15) is 0 Å². The molecule has 0 N–H and O–H groups in total. The van der Waals surface area contributed by atoms with E-state index < -0.39 is 18.0 Å². The second-order valence-corrected chi connectivity index (χ2v) is 9.14. The average molecular weight is 407 g/mol. The topological polar surface area (TPSA) is 26.3 Å². The molecular weight excluding hydrogens is 370 g/mol. The largest absolute Gasteiger partial charge is 0.456 e. The van der Waals surface area contributed by atoms with E-state index in [0.29, 0.717) is 5.92 Å². The zero-order valence-corrected chi connectivity index (χ0v) is 18.0. The molecule has 2 aliphatic rings. The van der Waals surface area contributed by atoms with Gasteiger partial charge in [-0.2, -0.15) is 0 Å². The van der Waals surface area contributed by atoms with Gasteiger partial charge in [0.05, 0.1) is 5.92 Å². The number of alkyl halides is 2. The van der Waals surface area contributed by atoms with Crippen molar-refractivity contribution in [1.82, 2.24) is 0 Å². The molecule has 0 saturated heterocycles. The molecule has 0 spiro atoms. The number of carbonyl (C=O) groups is 1. The molecule has 29 heavy (non-hydrogen) atoms. The number of unbranched alkanes of at least 4 members (excludes halogenated alkanes) is 1. The highest BCUT2D eigenvalue weighted by Gasteiger charge is 2.47. The fourth-order valence-corrected chi connectivity index (χ4v) is 4.95. The molecule has 0 radical (unpaired) electrons. The number of hydrogen-bond donors (Lipinski definition) is 0. The lowest BCUT2D eigenvalue weighted by Crippen LogP contribution is -2.44. The summed E-state index contributed by atoms with van der Waals surface area (Å²) < 4.78 is 34.0. The van der Waals surface area contributed by atoms with Gasteiger partial charge < -0.3 is 4.74 Å². The maximum Gasteiger partial charge on any atom is 0.309 e. The summed E-state index contributed by atoms with van der Waals surface area (Å²) in [4.78, 5) is 12.5. The van der Waals surface area contributed by atoms with Crippen molar-refractivity contribution in [3.05, 3.63) is 35.4 Å². The van der Waals surface area contributed by atoms with Crippen molar-refractivity contribution >= 4 is 5.97 Å². The first-order valence-electron chi connectivity index (χ1n) is 11.6. The smallest absolute Gasteiger partial charge is 0.309 e. The third-order valence-electron chi connectivity index (χ3n) is 7.04. The fourth-order valence-electron chi connectivity index (χ4n) is 4.95. The average Bonchev–Trinajstić information content (AvgIpc) is 2.74. The van der Waals surface area contributed by atoms with Gasteiger partial charge in [0, 0.05) is 6.42 Å². The zero-order chi connectivity index (χ0) is 20.9. The molecule has 0 aliphatic heterocycles. The summed E-state index contributed by atoms with van der Waals surface area (Å²) in [6, 6.07) is 8.89. The van der Waals surface area contributed by atoms with Crippen LogP contribution in [0.1, 0.15) is 95.1 Å². The summed E-state index contributed by atoms with van der Waals surface area (Å²) in [6.45, 7) is 4.15. The normalized spacial score (nSPS) is 29.4. The van der Waals surface area contributed by atoms with E-state index in [9.17, 15) is 13.6 Å². The molecule has 2 fully saturated rings. The van der Waals surface area contributed by atoms with Crippen LogP contribution < -0.4 is 0 Å². The Balaban J connectivity index is 1.48. The number of aryl methyl sites for hydroxylation is 1. The molecule has 162 valence electrons. The summed E-state index contributed by atoms with van der Waals surface area (Å²) in [7, 11) is 0. The lowest BCUT2D eigenvalue weighted by molar-refractivity contribution is -0.191. The maximum absolute atomic E-state index is 14.3. The predicted molar refractivity (Wildman–Crippen MR) is 112 cm³/mol. The van der Waals surface area contributed by atoms with Crippen LogP contribution in [0.15, 0.2) is 24.3 Å². The first-order chi connectivity index (χ1) is 13.9. The van der Waals surface area contributed by atoms with E-state index >= 15 is 0 Å². The molecule has 2 aliphatic carbocycles. The summed E-state index contributed by atoms with van der Waals surface area (Å²) >= 11 is 0. The van der Waals surface area contributed by atoms with Gasteiger partial charge >= 0.3 is 5.97 Å². The Morgan fingerprint density at radius 2 is 1.72 bits per heavy atom. The van der Waals surface area contributed by atoms with Gasteiger partial charge in [0.25, 0.3) is 5.92 Å². The molecule has 2 saturated carbocycles. The van der Waals surface area contributed by atoms with Crippen molar-refractivity contribution in [3.8, 4) is 0 Å². The molecule has 1 aromatic rings. The summed E-state index contributed by atoms with van der Waals surface area (Å²) in [5, 5.41) is 0. The molecule has 2 atom stereocenters. The number of ether oxygens (including phenoxy) is 1. The van der Waals surface area contributed by atoms with E-state index in [0.717, 1.165) is 44.9 Å². The number of halogens is 2. The van der Waals surface area contributed by atoms with Crippen molar-refractivity contribution in [2.45, 2.75) is 102 Å². The van der Waals surface area contributed by atoms with E-state index in [4.69, 9.17) is 4.74 Å². The van der Waals surface area contributed by atoms with Crippen molar-refractivity contribution < 1.29 is 18.3 Å². The Hall–Kier alpha value is -1.45. The molecule has 0 bridgehead atoms. The predicted octanol–water partition coefficient (Wildman–Crippen LogP) is 7.06. The van der Waals surface area contributed by atoms with Crippen molar-refractivity contribution in [1.29, 1.82) is 0 Å². The van der Waals surface area contributed by atoms with Gasteiger partial charge in [0.2, 0.25) is 0 Å². The van der Waals surface area contributed by atoms with Crippen LogP contribution in [-0.4, -0.2) is 18.0 Å². The van der Waals surface area contributed by atoms with Gasteiger partial charge in [-0.3, -0.25) is 4.79 Å². The molecular formula is C25H36F2O2. The Kier molecular flexibility index (Phi) is 7.70. The van der Waals surface area contributed by atoms with E-state index in [-0.39, 0.29) is 24.7 Å². The molecule has 4 heteroatoms. The van der Waals surface area contributed by atoms with Crippen LogP contribution in [0.3, 0.4) is 0 Å². The highest BCUT2D eigenvalue weighted by Crippen LogP contribution is 2.41. The number of benzene rings is 1. The van der Waals surface area contributed by atoms with Crippen LogP contribution >= 0.6 is 0 Å². The van der Waals surface area contributed by atoms with Crippen LogP contribution in [0, 0.1) is 11.8 Å². The first kappa shape index (κ1) is 22.2. The van der Waals surface area contributed by atoms with Gasteiger partial charge in [-0.25, -0.2) is 8.78 Å². The Morgan fingerprint density at radius 3 is 2.31 bits per heavy atom. The van der Waals surface area contributed by atoms with E-state index in [2.05, 4.69) is 31.2 Å². The van der Waals surface area contributed by atoms with Gasteiger partial charge in [-0.1, -0.05) is 51.0 Å². The van der Waals surface area contributed by atoms with Crippen LogP contribution in [0.2, 0.25) is 0 Å². The second kappa shape index (κ2) is 10.0. The monoisotopic (exact) mass is 406 g/mol. The van der Waals surface area contributed by atoms with Crippen LogP contribution in [0.25, 0.3) is 0 Å². The number of esters is 1. The van der Waals surface area contributed by atoms with Crippen molar-refractivity contribution in [2.24, 2.45) is 11.8 Å². The molecule has 1 aromatic carbocycles. The van der Waals surface area contributed by atoms with Crippen molar-refractivity contribution in [2.75, 3.05) is 0 Å². The van der Waals surface area contributed by atoms with E-state index in [1.165, 1.54) is 24.0 Å². The quantitative estimate of drug-likeness (QED) is 0.453. The Morgan fingerprint density at radius 1 is 1.03 bits per heavy atom. The van der Waals surface area contributed by atoms with E-state index in [1.807, 2.05) is 6.92 Å². The summed E-state index contributed by atoms with van der Waals surface area (Å²) in [5.41, 5.74) is 2.72. The number of hydrogen-bond acceptors (Lipinski definition) is 2. The fraction of sp³-hybridized carbons (Fsp3) is 0.720. The maximum atomic E-state index is 14.3. The lowest BCUT2D eigenvalue weighted by Gasteiger charge is -2.36. The second-order valence-electron chi connectivity index (χ2n) is 9.14. The number of rotatable bonds is 7. The molecule has 0 amide bonds. The lowest BCUT2D eigenvalue weighted by atomic mass is 9.78. The highest BCUT2D eigenvalue weighted by atomic mass is 19.3. The minimum Gasteiger partial charge on any atom is -0.456 e. The standard InChI is InChI=1S/C25H36F2O2/c1-3-5-6-19-7-10-20(11-8-19)21-12-14-22(15-13-21)24(28)29-23-16-9-18(4-2)17-25(23,26)27/h7-8,10-11,18,21-23H,3-6,9,12-17H2,1-2H3. The Bertz CT molecular complexity index is 647. The van der Waals surface area contributed by atoms with Gasteiger partial charge in [0.15, 0.2) is 6.10 Å². The molecule has 0 heterocycles. The zero-order valence-electron chi connectivity index (χ0n) is 18.0. The van der Waals surface area contributed by atoms with Crippen LogP contribution in [0.4, 0.5) is 8.78 Å².